The number of hydrogen-bond donors (Lipinski definition) is 1. The van der Waals surface area contributed by atoms with Gasteiger partial charge in [0.15, 0.2) is 0 Å². The van der Waals surface area contributed by atoms with Gasteiger partial charge in [0.05, 0.1) is 0 Å². The van der Waals surface area contributed by atoms with Gasteiger partial charge < -0.3 is 5.32 Å². The summed E-state index contributed by atoms with van der Waals surface area (Å²) in [5.74, 6) is -0.210. The van der Waals surface area contributed by atoms with Crippen LogP contribution >= 0.6 is 11.6 Å². The van der Waals surface area contributed by atoms with Crippen molar-refractivity contribution in [3.63, 3.8) is 0 Å². The molecule has 0 unspecified atom stereocenters. The van der Waals surface area contributed by atoms with Crippen molar-refractivity contribution in [1.29, 1.82) is 0 Å². The van der Waals surface area contributed by atoms with Crippen molar-refractivity contribution in [2.24, 2.45) is 0 Å². The van der Waals surface area contributed by atoms with Gasteiger partial charge in [-0.2, -0.15) is 0 Å². The molecule has 3 heteroatoms. The Morgan fingerprint density at radius 3 is 2.21 bits per heavy atom. The summed E-state index contributed by atoms with van der Waals surface area (Å²) in [6.07, 6.45) is 0. The molecule has 2 nitrogen and oxygen atoms in total. The SMILES string of the molecule is Cc1cc(C)cc(NC(=O)[C@H](Cl)c2ccccc2)c1. The van der Waals surface area contributed by atoms with Crippen molar-refractivity contribution in [1.82, 2.24) is 0 Å². The number of nitrogens with one attached hydrogen (secondary N) is 1. The summed E-state index contributed by atoms with van der Waals surface area (Å²) < 4.78 is 0. The van der Waals surface area contributed by atoms with Crippen LogP contribution in [0.25, 0.3) is 0 Å². The van der Waals surface area contributed by atoms with Crippen LogP contribution in [0.1, 0.15) is 22.1 Å². The first-order valence-electron chi connectivity index (χ1n) is 6.14. The first kappa shape index (κ1) is 13.6. The minimum atomic E-state index is -0.679. The lowest BCUT2D eigenvalue weighted by molar-refractivity contribution is -0.116. The van der Waals surface area contributed by atoms with Crippen molar-refractivity contribution in [3.8, 4) is 0 Å². The number of anilines is 1. The number of amides is 1. The van der Waals surface area contributed by atoms with Crippen molar-refractivity contribution >= 4 is 23.2 Å². The molecule has 0 spiro atoms. The Balaban J connectivity index is 2.13. The summed E-state index contributed by atoms with van der Waals surface area (Å²) in [5, 5.41) is 2.17. The van der Waals surface area contributed by atoms with E-state index < -0.39 is 5.38 Å². The molecule has 2 aromatic rings. The van der Waals surface area contributed by atoms with E-state index in [1.54, 1.807) is 0 Å². The van der Waals surface area contributed by atoms with Crippen LogP contribution < -0.4 is 5.32 Å². The minimum absolute atomic E-state index is 0.210. The van der Waals surface area contributed by atoms with E-state index in [1.807, 2.05) is 56.3 Å². The van der Waals surface area contributed by atoms with E-state index in [1.165, 1.54) is 0 Å². The molecule has 0 radical (unpaired) electrons. The zero-order valence-electron chi connectivity index (χ0n) is 11.0. The van der Waals surface area contributed by atoms with E-state index in [0.29, 0.717) is 0 Å². The van der Waals surface area contributed by atoms with Gasteiger partial charge in [-0.25, -0.2) is 0 Å². The fourth-order valence-electron chi connectivity index (χ4n) is 2.03. The molecule has 2 rings (SSSR count). The molecule has 0 aliphatic rings. The highest BCUT2D eigenvalue weighted by atomic mass is 35.5. The lowest BCUT2D eigenvalue weighted by Crippen LogP contribution is -2.17. The van der Waals surface area contributed by atoms with Crippen molar-refractivity contribution < 1.29 is 4.79 Å². The number of halogens is 1. The maximum absolute atomic E-state index is 12.1. The van der Waals surface area contributed by atoms with Gasteiger partial charge in [-0.05, 0) is 42.7 Å². The summed E-state index contributed by atoms with van der Waals surface area (Å²) >= 11 is 6.17. The molecule has 1 N–H and O–H groups in total. The highest BCUT2D eigenvalue weighted by Gasteiger charge is 2.17. The van der Waals surface area contributed by atoms with Crippen LogP contribution in [0.3, 0.4) is 0 Å². The summed E-state index contributed by atoms with van der Waals surface area (Å²) in [6.45, 7) is 4.00. The molecular weight excluding hydrogens is 258 g/mol. The Hall–Kier alpha value is -1.80. The van der Waals surface area contributed by atoms with Crippen LogP contribution in [0.2, 0.25) is 0 Å². The third-order valence-corrected chi connectivity index (χ3v) is 3.26. The van der Waals surface area contributed by atoms with Gasteiger partial charge in [-0.1, -0.05) is 36.4 Å². The Morgan fingerprint density at radius 2 is 1.63 bits per heavy atom. The van der Waals surface area contributed by atoms with E-state index in [9.17, 15) is 4.79 Å². The molecular formula is C16H16ClNO. The first-order valence-corrected chi connectivity index (χ1v) is 6.58. The third-order valence-electron chi connectivity index (χ3n) is 2.81. The average Bonchev–Trinajstić information content (AvgIpc) is 2.37. The van der Waals surface area contributed by atoms with Crippen LogP contribution in [-0.2, 0) is 4.79 Å². The summed E-state index contributed by atoms with van der Waals surface area (Å²) in [6, 6.07) is 15.3. The van der Waals surface area contributed by atoms with Crippen molar-refractivity contribution in [2.45, 2.75) is 19.2 Å². The number of benzene rings is 2. The van der Waals surface area contributed by atoms with Gasteiger partial charge in [0, 0.05) is 5.69 Å². The lowest BCUT2D eigenvalue weighted by atomic mass is 10.1. The molecule has 0 fully saturated rings. The second-order valence-corrected chi connectivity index (χ2v) is 5.08. The number of alkyl halides is 1. The highest BCUT2D eigenvalue weighted by Crippen LogP contribution is 2.23. The largest absolute Gasteiger partial charge is 0.324 e. The summed E-state index contributed by atoms with van der Waals surface area (Å²) in [5.41, 5.74) is 3.80. The number of hydrogen-bond acceptors (Lipinski definition) is 1. The molecule has 0 heterocycles. The first-order chi connectivity index (χ1) is 9.06. The normalized spacial score (nSPS) is 11.9. The second-order valence-electron chi connectivity index (χ2n) is 4.64. The number of rotatable bonds is 3. The smallest absolute Gasteiger partial charge is 0.246 e. The van der Waals surface area contributed by atoms with E-state index in [2.05, 4.69) is 11.4 Å². The molecule has 1 amide bonds. The van der Waals surface area contributed by atoms with Crippen LogP contribution in [0, 0.1) is 13.8 Å². The Morgan fingerprint density at radius 1 is 1.05 bits per heavy atom. The zero-order valence-corrected chi connectivity index (χ0v) is 11.7. The number of carbonyl (C=O) groups excluding carboxylic acids is 1. The van der Waals surface area contributed by atoms with Gasteiger partial charge in [-0.15, -0.1) is 11.6 Å². The molecule has 0 saturated carbocycles. The number of carbonyl (C=O) groups is 1. The summed E-state index contributed by atoms with van der Waals surface area (Å²) in [7, 11) is 0. The van der Waals surface area contributed by atoms with E-state index in [4.69, 9.17) is 11.6 Å². The molecule has 0 aliphatic carbocycles. The molecule has 0 aliphatic heterocycles. The molecule has 19 heavy (non-hydrogen) atoms. The summed E-state index contributed by atoms with van der Waals surface area (Å²) in [4.78, 5) is 12.1. The standard InChI is InChI=1S/C16H16ClNO/c1-11-8-12(2)10-14(9-11)18-16(19)15(17)13-6-4-3-5-7-13/h3-10,15H,1-2H3,(H,18,19)/t15-/m1/s1. The van der Waals surface area contributed by atoms with Crippen LogP contribution in [0.4, 0.5) is 5.69 Å². The highest BCUT2D eigenvalue weighted by molar-refractivity contribution is 6.32. The maximum Gasteiger partial charge on any atom is 0.246 e. The minimum Gasteiger partial charge on any atom is -0.324 e. The van der Waals surface area contributed by atoms with E-state index in [-0.39, 0.29) is 5.91 Å². The van der Waals surface area contributed by atoms with Gasteiger partial charge in [0.25, 0.3) is 0 Å². The van der Waals surface area contributed by atoms with E-state index in [0.717, 1.165) is 22.4 Å². The van der Waals surface area contributed by atoms with Crippen molar-refractivity contribution in [3.05, 3.63) is 65.2 Å². The fourth-order valence-corrected chi connectivity index (χ4v) is 2.23. The quantitative estimate of drug-likeness (QED) is 0.834. The molecule has 0 saturated heterocycles. The lowest BCUT2D eigenvalue weighted by Gasteiger charge is -2.12. The van der Waals surface area contributed by atoms with Crippen LogP contribution in [-0.4, -0.2) is 5.91 Å². The van der Waals surface area contributed by atoms with Crippen molar-refractivity contribution in [2.75, 3.05) is 5.32 Å². The Bertz CT molecular complexity index is 560. The van der Waals surface area contributed by atoms with Gasteiger partial charge >= 0.3 is 0 Å². The molecule has 0 aromatic heterocycles. The second kappa shape index (κ2) is 5.89. The number of aryl methyl sites for hydroxylation is 2. The van der Waals surface area contributed by atoms with Crippen LogP contribution in [0.15, 0.2) is 48.5 Å². The predicted molar refractivity (Wildman–Crippen MR) is 79.6 cm³/mol. The monoisotopic (exact) mass is 273 g/mol. The van der Waals surface area contributed by atoms with Gasteiger partial charge in [0.1, 0.15) is 5.38 Å². The van der Waals surface area contributed by atoms with Gasteiger partial charge in [0.2, 0.25) is 5.91 Å². The Kier molecular flexibility index (Phi) is 4.23. The van der Waals surface area contributed by atoms with E-state index >= 15 is 0 Å². The van der Waals surface area contributed by atoms with Crippen LogP contribution in [0.5, 0.6) is 0 Å². The zero-order chi connectivity index (χ0) is 13.8. The predicted octanol–water partition coefficient (Wildman–Crippen LogP) is 4.22. The fraction of sp³-hybridized carbons (Fsp3) is 0.188. The maximum atomic E-state index is 12.1. The molecule has 98 valence electrons. The molecule has 2 aromatic carbocycles. The van der Waals surface area contributed by atoms with Gasteiger partial charge in [-0.3, -0.25) is 4.79 Å². The molecule has 0 bridgehead atoms. The average molecular weight is 274 g/mol. The Labute approximate surface area is 118 Å². The topological polar surface area (TPSA) is 29.1 Å². The molecule has 1 atom stereocenters. The third kappa shape index (κ3) is 3.58.